The quantitative estimate of drug-likeness (QED) is 0.667. The highest BCUT2D eigenvalue weighted by Crippen LogP contribution is 2.17. The highest BCUT2D eigenvalue weighted by atomic mass is 16.5. The van der Waals surface area contributed by atoms with Gasteiger partial charge in [-0.3, -0.25) is 0 Å². The first-order valence-corrected chi connectivity index (χ1v) is 4.19. The zero-order valence-corrected chi connectivity index (χ0v) is 7.95. The normalized spacial score (nSPS) is 9.50. The van der Waals surface area contributed by atoms with Crippen LogP contribution in [0.5, 0.6) is 5.75 Å². The third-order valence-electron chi connectivity index (χ3n) is 1.58. The number of rotatable bonds is 4. The third-order valence-corrected chi connectivity index (χ3v) is 1.58. The molecular formula is C11H11O3-. The monoisotopic (exact) mass is 191 g/mol. The lowest BCUT2D eigenvalue weighted by molar-refractivity contribution is -0.255. The Kier molecular flexibility index (Phi) is 3.29. The van der Waals surface area contributed by atoms with Crippen LogP contribution in [-0.4, -0.2) is 12.6 Å². The van der Waals surface area contributed by atoms with Crippen LogP contribution in [0.4, 0.5) is 0 Å². The molecule has 0 aliphatic carbocycles. The Morgan fingerprint density at radius 1 is 1.50 bits per heavy atom. The molecule has 0 aliphatic heterocycles. The fourth-order valence-corrected chi connectivity index (χ4v) is 0.962. The lowest BCUT2D eigenvalue weighted by Crippen LogP contribution is -2.23. The summed E-state index contributed by atoms with van der Waals surface area (Å²) in [5.41, 5.74) is 0.895. The minimum Gasteiger partial charge on any atom is -0.545 e. The molecule has 0 saturated heterocycles. The molecule has 1 aromatic carbocycles. The number of para-hydroxylation sites is 1. The van der Waals surface area contributed by atoms with E-state index < -0.39 is 5.97 Å². The van der Waals surface area contributed by atoms with Gasteiger partial charge in [-0.05, 0) is 24.6 Å². The number of benzene rings is 1. The number of aromatic carboxylic acids is 1. The first-order valence-electron chi connectivity index (χ1n) is 4.19. The van der Waals surface area contributed by atoms with Crippen LogP contribution >= 0.6 is 0 Å². The summed E-state index contributed by atoms with van der Waals surface area (Å²) in [7, 11) is 0. The van der Waals surface area contributed by atoms with Crippen LogP contribution in [0.15, 0.2) is 36.4 Å². The summed E-state index contributed by atoms with van der Waals surface area (Å²) in [4.78, 5) is 10.7. The van der Waals surface area contributed by atoms with Gasteiger partial charge in [0.05, 0.1) is 5.97 Å². The number of carbonyl (C=O) groups is 1. The van der Waals surface area contributed by atoms with Gasteiger partial charge in [-0.1, -0.05) is 18.7 Å². The van der Waals surface area contributed by atoms with Crippen LogP contribution in [-0.2, 0) is 0 Å². The van der Waals surface area contributed by atoms with Crippen LogP contribution in [0.1, 0.15) is 17.3 Å². The summed E-state index contributed by atoms with van der Waals surface area (Å²) in [5.74, 6) is -0.919. The van der Waals surface area contributed by atoms with E-state index in [-0.39, 0.29) is 5.56 Å². The first-order chi connectivity index (χ1) is 6.61. The lowest BCUT2D eigenvalue weighted by Gasteiger charge is -2.11. The van der Waals surface area contributed by atoms with E-state index in [0.29, 0.717) is 12.4 Å². The molecule has 0 heterocycles. The van der Waals surface area contributed by atoms with Gasteiger partial charge in [0.1, 0.15) is 12.4 Å². The molecule has 0 amide bonds. The molecule has 3 heteroatoms. The average molecular weight is 191 g/mol. The van der Waals surface area contributed by atoms with E-state index in [1.54, 1.807) is 18.2 Å². The van der Waals surface area contributed by atoms with E-state index in [9.17, 15) is 9.90 Å². The summed E-state index contributed by atoms with van der Waals surface area (Å²) >= 11 is 0. The Bertz CT molecular complexity index is 355. The Morgan fingerprint density at radius 3 is 2.71 bits per heavy atom. The highest BCUT2D eigenvalue weighted by Gasteiger charge is 2.02. The smallest absolute Gasteiger partial charge is 0.128 e. The second-order valence-electron chi connectivity index (χ2n) is 3.03. The number of carbonyl (C=O) groups excluding carboxylic acids is 1. The Morgan fingerprint density at radius 2 is 2.14 bits per heavy atom. The van der Waals surface area contributed by atoms with Gasteiger partial charge < -0.3 is 14.6 Å². The van der Waals surface area contributed by atoms with Gasteiger partial charge in [-0.2, -0.15) is 0 Å². The van der Waals surface area contributed by atoms with E-state index in [1.807, 2.05) is 6.92 Å². The molecule has 14 heavy (non-hydrogen) atoms. The van der Waals surface area contributed by atoms with Crippen molar-refractivity contribution in [3.05, 3.63) is 42.0 Å². The molecule has 0 spiro atoms. The molecule has 0 aromatic heterocycles. The topological polar surface area (TPSA) is 49.4 Å². The van der Waals surface area contributed by atoms with Crippen molar-refractivity contribution >= 4 is 5.97 Å². The van der Waals surface area contributed by atoms with Crippen molar-refractivity contribution < 1.29 is 14.6 Å². The van der Waals surface area contributed by atoms with Crippen molar-refractivity contribution in [1.82, 2.24) is 0 Å². The molecule has 3 nitrogen and oxygen atoms in total. The van der Waals surface area contributed by atoms with Crippen molar-refractivity contribution in [3.8, 4) is 5.75 Å². The number of carboxylic acid groups (broad SMARTS) is 1. The van der Waals surface area contributed by atoms with Crippen LogP contribution < -0.4 is 9.84 Å². The highest BCUT2D eigenvalue weighted by molar-refractivity contribution is 5.89. The predicted molar refractivity (Wildman–Crippen MR) is 51.1 cm³/mol. The van der Waals surface area contributed by atoms with Gasteiger partial charge >= 0.3 is 0 Å². The molecule has 0 fully saturated rings. The zero-order chi connectivity index (χ0) is 10.6. The Balaban J connectivity index is 2.84. The van der Waals surface area contributed by atoms with E-state index in [0.717, 1.165) is 5.57 Å². The molecule has 74 valence electrons. The standard InChI is InChI=1S/C11H12O3/c1-8(2)7-14-10-6-4-3-5-9(10)11(12)13/h3-6H,1,7H2,2H3,(H,12,13)/p-1. The second kappa shape index (κ2) is 4.46. The van der Waals surface area contributed by atoms with Crippen molar-refractivity contribution in [1.29, 1.82) is 0 Å². The minimum absolute atomic E-state index is 0.0637. The van der Waals surface area contributed by atoms with Gasteiger partial charge in [0.25, 0.3) is 0 Å². The Hall–Kier alpha value is -1.77. The van der Waals surface area contributed by atoms with Crippen LogP contribution in [0.2, 0.25) is 0 Å². The molecule has 0 saturated carbocycles. The van der Waals surface area contributed by atoms with Crippen molar-refractivity contribution in [2.24, 2.45) is 0 Å². The van der Waals surface area contributed by atoms with Gasteiger partial charge in [0.2, 0.25) is 0 Å². The predicted octanol–water partition coefficient (Wildman–Crippen LogP) is 1.01. The zero-order valence-electron chi connectivity index (χ0n) is 7.95. The number of carboxylic acids is 1. The van der Waals surface area contributed by atoms with Crippen molar-refractivity contribution in [2.75, 3.05) is 6.61 Å². The summed E-state index contributed by atoms with van der Waals surface area (Å²) in [6, 6.07) is 6.37. The van der Waals surface area contributed by atoms with Gasteiger partial charge in [-0.15, -0.1) is 0 Å². The fourth-order valence-electron chi connectivity index (χ4n) is 0.962. The minimum atomic E-state index is -1.23. The summed E-state index contributed by atoms with van der Waals surface area (Å²) < 4.78 is 5.24. The second-order valence-corrected chi connectivity index (χ2v) is 3.03. The van der Waals surface area contributed by atoms with E-state index >= 15 is 0 Å². The van der Waals surface area contributed by atoms with E-state index in [4.69, 9.17) is 4.74 Å². The van der Waals surface area contributed by atoms with E-state index in [1.165, 1.54) is 6.07 Å². The lowest BCUT2D eigenvalue weighted by atomic mass is 10.2. The third kappa shape index (κ3) is 2.62. The molecule has 0 radical (unpaired) electrons. The Labute approximate surface area is 82.6 Å². The largest absolute Gasteiger partial charge is 0.545 e. The summed E-state index contributed by atoms with van der Waals surface area (Å²) in [5, 5.41) is 10.7. The van der Waals surface area contributed by atoms with Crippen molar-refractivity contribution in [2.45, 2.75) is 6.92 Å². The van der Waals surface area contributed by atoms with Crippen LogP contribution in [0.3, 0.4) is 0 Å². The SMILES string of the molecule is C=C(C)COc1ccccc1C(=O)[O-]. The van der Waals surface area contributed by atoms with Gasteiger partial charge in [0.15, 0.2) is 0 Å². The molecule has 1 rings (SSSR count). The molecular weight excluding hydrogens is 180 g/mol. The summed E-state index contributed by atoms with van der Waals surface area (Å²) in [6.07, 6.45) is 0. The summed E-state index contributed by atoms with van der Waals surface area (Å²) in [6.45, 7) is 5.77. The molecule has 0 atom stereocenters. The van der Waals surface area contributed by atoms with Crippen molar-refractivity contribution in [3.63, 3.8) is 0 Å². The van der Waals surface area contributed by atoms with E-state index in [2.05, 4.69) is 6.58 Å². The van der Waals surface area contributed by atoms with Gasteiger partial charge in [0, 0.05) is 5.56 Å². The maximum Gasteiger partial charge on any atom is 0.128 e. The molecule has 1 aromatic rings. The van der Waals surface area contributed by atoms with Gasteiger partial charge in [-0.25, -0.2) is 0 Å². The molecule has 0 aliphatic rings. The fraction of sp³-hybridized carbons (Fsp3) is 0.182. The average Bonchev–Trinajstić information content (AvgIpc) is 2.15. The first kappa shape index (κ1) is 10.3. The molecule has 0 N–H and O–H groups in total. The van der Waals surface area contributed by atoms with Crippen LogP contribution in [0.25, 0.3) is 0 Å². The number of ether oxygens (including phenoxy) is 1. The molecule has 0 unspecified atom stereocenters. The number of hydrogen-bond acceptors (Lipinski definition) is 3. The molecule has 0 bridgehead atoms. The number of hydrogen-bond donors (Lipinski definition) is 0. The maximum atomic E-state index is 10.7. The van der Waals surface area contributed by atoms with Crippen LogP contribution in [0, 0.1) is 0 Å². The maximum absolute atomic E-state index is 10.7.